The van der Waals surface area contributed by atoms with Crippen molar-refractivity contribution in [2.24, 2.45) is 0 Å². The van der Waals surface area contributed by atoms with E-state index in [2.05, 4.69) is 0 Å². The van der Waals surface area contributed by atoms with Crippen LogP contribution in [0.25, 0.3) is 0 Å². The van der Waals surface area contributed by atoms with Crippen LogP contribution in [-0.4, -0.2) is 38.1 Å². The highest BCUT2D eigenvalue weighted by Crippen LogP contribution is 2.40. The Morgan fingerprint density at radius 2 is 2.14 bits per heavy atom. The average Bonchev–Trinajstić information content (AvgIpc) is 2.75. The number of Topliss-reactive ketones (excluding diaryl/α,β-unsaturated/α-hetero) is 1. The number of ketones is 1. The van der Waals surface area contributed by atoms with Crippen LogP contribution in [0.1, 0.15) is 35.2 Å². The van der Waals surface area contributed by atoms with Crippen LogP contribution >= 0.6 is 0 Å². The lowest BCUT2D eigenvalue weighted by Gasteiger charge is -2.28. The Bertz CT molecular complexity index is 590. The molecule has 2 aliphatic heterocycles. The number of anilines is 1. The Balaban J connectivity index is 1.98. The Labute approximate surface area is 123 Å². The fourth-order valence-electron chi connectivity index (χ4n) is 3.05. The average molecular weight is 289 g/mol. The molecule has 0 spiro atoms. The Morgan fingerprint density at radius 1 is 1.33 bits per heavy atom. The maximum absolute atomic E-state index is 12.3. The molecule has 1 aromatic carbocycles. The summed E-state index contributed by atoms with van der Waals surface area (Å²) in [6.45, 7) is 2.97. The quantitative estimate of drug-likeness (QED) is 0.800. The lowest BCUT2D eigenvalue weighted by Crippen LogP contribution is -2.39. The highest BCUT2D eigenvalue weighted by Gasteiger charge is 2.40. The van der Waals surface area contributed by atoms with Crippen molar-refractivity contribution in [3.8, 4) is 5.75 Å². The number of ether oxygens (including phenoxy) is 2. The van der Waals surface area contributed by atoms with E-state index in [0.717, 1.165) is 31.4 Å². The molecule has 1 saturated heterocycles. The van der Waals surface area contributed by atoms with Crippen molar-refractivity contribution in [3.05, 3.63) is 23.3 Å². The molecule has 5 heteroatoms. The molecule has 0 N–H and O–H groups in total. The molecule has 2 heterocycles. The first-order valence-electron chi connectivity index (χ1n) is 7.29. The summed E-state index contributed by atoms with van der Waals surface area (Å²) in [5.74, 6) is -0.366. The third-order valence-electron chi connectivity index (χ3n) is 4.17. The number of fused-ring (bicyclic) bond motifs is 1. The molecule has 0 unspecified atom stereocenters. The van der Waals surface area contributed by atoms with Gasteiger partial charge in [0.25, 0.3) is 11.7 Å². The van der Waals surface area contributed by atoms with E-state index in [1.807, 2.05) is 13.0 Å². The number of methoxy groups -OCH3 is 1. The lowest BCUT2D eigenvalue weighted by molar-refractivity contribution is -0.114. The largest absolute Gasteiger partial charge is 0.495 e. The number of carbonyl (C=O) groups is 2. The first-order chi connectivity index (χ1) is 10.1. The zero-order valence-corrected chi connectivity index (χ0v) is 12.3. The molecule has 0 bridgehead atoms. The molecule has 3 rings (SSSR count). The molecule has 112 valence electrons. The molecule has 1 aromatic rings. The van der Waals surface area contributed by atoms with E-state index < -0.39 is 11.7 Å². The highest BCUT2D eigenvalue weighted by atomic mass is 16.5. The van der Waals surface area contributed by atoms with Crippen molar-refractivity contribution >= 4 is 17.4 Å². The number of hydrogen-bond acceptors (Lipinski definition) is 4. The van der Waals surface area contributed by atoms with E-state index in [-0.39, 0.29) is 6.10 Å². The number of carbonyl (C=O) groups excluding carboxylic acids is 2. The van der Waals surface area contributed by atoms with E-state index >= 15 is 0 Å². The zero-order chi connectivity index (χ0) is 15.0. The second-order valence-electron chi connectivity index (χ2n) is 5.54. The number of rotatable bonds is 3. The molecule has 5 nitrogen and oxygen atoms in total. The van der Waals surface area contributed by atoms with Gasteiger partial charge in [-0.05, 0) is 37.8 Å². The van der Waals surface area contributed by atoms with Gasteiger partial charge in [0.05, 0.1) is 31.0 Å². The molecule has 1 amide bonds. The summed E-state index contributed by atoms with van der Waals surface area (Å²) in [5.41, 5.74) is 1.87. The van der Waals surface area contributed by atoms with Gasteiger partial charge >= 0.3 is 0 Å². The van der Waals surface area contributed by atoms with Crippen LogP contribution < -0.4 is 9.64 Å². The van der Waals surface area contributed by atoms with Gasteiger partial charge in [-0.2, -0.15) is 0 Å². The van der Waals surface area contributed by atoms with Crippen LogP contribution in [0, 0.1) is 6.92 Å². The minimum absolute atomic E-state index is 0.00771. The van der Waals surface area contributed by atoms with E-state index in [4.69, 9.17) is 9.47 Å². The summed E-state index contributed by atoms with van der Waals surface area (Å²) in [7, 11) is 1.55. The van der Waals surface area contributed by atoms with E-state index in [9.17, 15) is 9.59 Å². The second-order valence-corrected chi connectivity index (χ2v) is 5.54. The summed E-state index contributed by atoms with van der Waals surface area (Å²) >= 11 is 0. The molecule has 0 radical (unpaired) electrons. The standard InChI is InChI=1S/C16H19NO4/c1-10-6-7-12(20-2)14-13(10)15(18)16(19)17(14)9-11-5-3-4-8-21-11/h6-7,11H,3-5,8-9H2,1-2H3/t11-/m1/s1. The number of amides is 1. The molecule has 0 aliphatic carbocycles. The number of benzene rings is 1. The third kappa shape index (κ3) is 2.31. The predicted octanol–water partition coefficient (Wildman–Crippen LogP) is 2.10. The van der Waals surface area contributed by atoms with E-state index in [1.54, 1.807) is 13.2 Å². The minimum Gasteiger partial charge on any atom is -0.495 e. The van der Waals surface area contributed by atoms with Crippen LogP contribution in [0.5, 0.6) is 5.75 Å². The Kier molecular flexibility index (Phi) is 3.68. The van der Waals surface area contributed by atoms with Crippen LogP contribution in [-0.2, 0) is 9.53 Å². The van der Waals surface area contributed by atoms with Crippen LogP contribution in [0.4, 0.5) is 5.69 Å². The summed E-state index contributed by atoms with van der Waals surface area (Å²) in [6, 6.07) is 3.61. The molecule has 0 aromatic heterocycles. The Morgan fingerprint density at radius 3 is 2.81 bits per heavy atom. The van der Waals surface area contributed by atoms with Crippen LogP contribution in [0.2, 0.25) is 0 Å². The lowest BCUT2D eigenvalue weighted by atomic mass is 10.0. The van der Waals surface area contributed by atoms with Gasteiger partial charge < -0.3 is 9.47 Å². The van der Waals surface area contributed by atoms with Crippen molar-refractivity contribution in [1.82, 2.24) is 0 Å². The zero-order valence-electron chi connectivity index (χ0n) is 12.3. The molecular formula is C16H19NO4. The van der Waals surface area contributed by atoms with Crippen molar-refractivity contribution in [2.75, 3.05) is 25.2 Å². The molecule has 1 fully saturated rings. The van der Waals surface area contributed by atoms with Crippen molar-refractivity contribution in [3.63, 3.8) is 0 Å². The monoisotopic (exact) mass is 289 g/mol. The summed E-state index contributed by atoms with van der Waals surface area (Å²) in [4.78, 5) is 26.1. The maximum Gasteiger partial charge on any atom is 0.299 e. The van der Waals surface area contributed by atoms with Gasteiger partial charge in [-0.1, -0.05) is 6.07 Å². The van der Waals surface area contributed by atoms with E-state index in [0.29, 0.717) is 23.5 Å². The van der Waals surface area contributed by atoms with Gasteiger partial charge in [-0.15, -0.1) is 0 Å². The maximum atomic E-state index is 12.3. The smallest absolute Gasteiger partial charge is 0.299 e. The molecule has 2 aliphatic rings. The number of hydrogen-bond donors (Lipinski definition) is 0. The SMILES string of the molecule is COc1ccc(C)c2c1N(C[C@H]1CCCCO1)C(=O)C2=O. The first-order valence-corrected chi connectivity index (χ1v) is 7.29. The second kappa shape index (κ2) is 5.48. The fraction of sp³-hybridized carbons (Fsp3) is 0.500. The number of aryl methyl sites for hydroxylation is 1. The summed E-state index contributed by atoms with van der Waals surface area (Å²) in [5, 5.41) is 0. The fourth-order valence-corrected chi connectivity index (χ4v) is 3.05. The molecule has 1 atom stereocenters. The van der Waals surface area contributed by atoms with E-state index in [1.165, 1.54) is 4.90 Å². The van der Waals surface area contributed by atoms with Gasteiger partial charge in [-0.3, -0.25) is 14.5 Å². The summed E-state index contributed by atoms with van der Waals surface area (Å²) < 4.78 is 11.0. The van der Waals surface area contributed by atoms with Gasteiger partial charge in [0.2, 0.25) is 0 Å². The van der Waals surface area contributed by atoms with Gasteiger partial charge in [-0.25, -0.2) is 0 Å². The predicted molar refractivity (Wildman–Crippen MR) is 78.0 cm³/mol. The van der Waals surface area contributed by atoms with Gasteiger partial charge in [0.15, 0.2) is 0 Å². The normalized spacial score (nSPS) is 21.6. The third-order valence-corrected chi connectivity index (χ3v) is 4.17. The highest BCUT2D eigenvalue weighted by molar-refractivity contribution is 6.53. The van der Waals surface area contributed by atoms with Crippen molar-refractivity contribution in [2.45, 2.75) is 32.3 Å². The van der Waals surface area contributed by atoms with Gasteiger partial charge in [0.1, 0.15) is 5.75 Å². The molecule has 0 saturated carbocycles. The minimum atomic E-state index is -0.480. The topological polar surface area (TPSA) is 55.8 Å². The van der Waals surface area contributed by atoms with Crippen LogP contribution in [0.3, 0.4) is 0 Å². The molecule has 21 heavy (non-hydrogen) atoms. The van der Waals surface area contributed by atoms with Crippen molar-refractivity contribution < 1.29 is 19.1 Å². The Hall–Kier alpha value is -1.88. The van der Waals surface area contributed by atoms with Crippen molar-refractivity contribution in [1.29, 1.82) is 0 Å². The summed E-state index contributed by atoms with van der Waals surface area (Å²) in [6.07, 6.45) is 3.06. The van der Waals surface area contributed by atoms with Gasteiger partial charge in [0, 0.05) is 6.61 Å². The molecular weight excluding hydrogens is 270 g/mol. The van der Waals surface area contributed by atoms with Crippen LogP contribution in [0.15, 0.2) is 12.1 Å². The first kappa shape index (κ1) is 14.1. The number of nitrogens with zero attached hydrogens (tertiary/aromatic N) is 1.